The van der Waals surface area contributed by atoms with Crippen molar-refractivity contribution >= 4 is 34.7 Å². The third-order valence-electron chi connectivity index (χ3n) is 1.84. The van der Waals surface area contributed by atoms with Crippen LogP contribution >= 0.6 is 23.2 Å². The monoisotopic (exact) mass is 271 g/mol. The first kappa shape index (κ1) is 13.3. The van der Waals surface area contributed by atoms with Crippen LogP contribution in [0.2, 0.25) is 10.0 Å². The Hall–Kier alpha value is -1.72. The molecule has 0 heterocycles. The molecule has 0 spiro atoms. The van der Waals surface area contributed by atoms with Crippen LogP contribution in [0.5, 0.6) is 0 Å². The summed E-state index contributed by atoms with van der Waals surface area (Å²) in [5.41, 5.74) is 11.7. The van der Waals surface area contributed by atoms with E-state index in [2.05, 4.69) is 16.7 Å². The highest BCUT2D eigenvalue weighted by molar-refractivity contribution is 6.52. The second kappa shape index (κ2) is 5.56. The number of aliphatic imine (C=N–C) groups is 1. The molecule has 0 amide bonds. The number of rotatable bonds is 3. The van der Waals surface area contributed by atoms with E-state index in [9.17, 15) is 0 Å². The van der Waals surface area contributed by atoms with Crippen LogP contribution in [0.4, 0.5) is 0 Å². The molecule has 7 heteroatoms. The summed E-state index contributed by atoms with van der Waals surface area (Å²) in [6.45, 7) is 3.40. The standard InChI is InChI=1S/C10H11Cl2N5/c1-5(13)16-10(14)9(17-15)6-3-2-4-7(11)8(6)12/h2-4H,1,13,15H2,(H2,14,16)/b17-9-. The summed E-state index contributed by atoms with van der Waals surface area (Å²) in [4.78, 5) is 3.76. The summed E-state index contributed by atoms with van der Waals surface area (Å²) in [7, 11) is 0. The molecule has 0 aliphatic heterocycles. The molecule has 90 valence electrons. The van der Waals surface area contributed by atoms with Crippen LogP contribution in [0.25, 0.3) is 0 Å². The lowest BCUT2D eigenvalue weighted by molar-refractivity contribution is 1.23. The van der Waals surface area contributed by atoms with E-state index < -0.39 is 0 Å². The number of hydrogen-bond acceptors (Lipinski definition) is 4. The molecule has 1 aromatic carbocycles. The van der Waals surface area contributed by atoms with Crippen molar-refractivity contribution < 1.29 is 0 Å². The molecule has 0 fully saturated rings. The number of benzene rings is 1. The van der Waals surface area contributed by atoms with Crippen molar-refractivity contribution in [3.05, 3.63) is 46.2 Å². The Balaban J connectivity index is 3.30. The molecule has 0 radical (unpaired) electrons. The summed E-state index contributed by atoms with van der Waals surface area (Å²) in [6.07, 6.45) is 0. The van der Waals surface area contributed by atoms with Gasteiger partial charge in [0.1, 0.15) is 11.5 Å². The van der Waals surface area contributed by atoms with Crippen LogP contribution in [-0.4, -0.2) is 11.5 Å². The molecule has 1 aromatic rings. The van der Waals surface area contributed by atoms with Gasteiger partial charge in [0.2, 0.25) is 0 Å². The number of amidine groups is 1. The van der Waals surface area contributed by atoms with Crippen LogP contribution in [0.3, 0.4) is 0 Å². The molecule has 0 saturated heterocycles. The number of hydrazone groups is 1. The van der Waals surface area contributed by atoms with E-state index in [-0.39, 0.29) is 17.4 Å². The normalized spacial score (nSPS) is 12.6. The first-order valence-electron chi connectivity index (χ1n) is 4.48. The number of nitrogens with two attached hydrogens (primary N) is 3. The minimum atomic E-state index is 0.0177. The zero-order valence-electron chi connectivity index (χ0n) is 8.82. The first-order chi connectivity index (χ1) is 7.97. The second-order valence-corrected chi connectivity index (χ2v) is 3.85. The highest BCUT2D eigenvalue weighted by Crippen LogP contribution is 2.26. The molecule has 1 rings (SSSR count). The average molecular weight is 272 g/mol. The molecule has 17 heavy (non-hydrogen) atoms. The first-order valence-corrected chi connectivity index (χ1v) is 5.24. The van der Waals surface area contributed by atoms with Gasteiger partial charge < -0.3 is 17.3 Å². The van der Waals surface area contributed by atoms with Crippen molar-refractivity contribution in [3.63, 3.8) is 0 Å². The maximum absolute atomic E-state index is 6.01. The Morgan fingerprint density at radius 3 is 2.41 bits per heavy atom. The summed E-state index contributed by atoms with van der Waals surface area (Å²) in [5, 5.41) is 4.19. The lowest BCUT2D eigenvalue weighted by Gasteiger charge is -2.08. The number of halogens is 2. The molecule has 6 N–H and O–H groups in total. The van der Waals surface area contributed by atoms with Crippen molar-refractivity contribution in [1.29, 1.82) is 0 Å². The maximum Gasteiger partial charge on any atom is 0.154 e. The van der Waals surface area contributed by atoms with E-state index in [1.165, 1.54) is 0 Å². The van der Waals surface area contributed by atoms with Gasteiger partial charge in [0.15, 0.2) is 5.84 Å². The van der Waals surface area contributed by atoms with Gasteiger partial charge in [0.25, 0.3) is 0 Å². The van der Waals surface area contributed by atoms with Gasteiger partial charge in [-0.05, 0) is 6.07 Å². The number of nitrogens with zero attached hydrogens (tertiary/aromatic N) is 2. The van der Waals surface area contributed by atoms with E-state index in [1.807, 2.05) is 0 Å². The van der Waals surface area contributed by atoms with Crippen LogP contribution in [0.1, 0.15) is 5.56 Å². The summed E-state index contributed by atoms with van der Waals surface area (Å²) in [6, 6.07) is 5.00. The van der Waals surface area contributed by atoms with E-state index in [1.54, 1.807) is 18.2 Å². The molecular formula is C10H11Cl2N5. The zero-order valence-corrected chi connectivity index (χ0v) is 10.3. The molecular weight excluding hydrogens is 261 g/mol. The van der Waals surface area contributed by atoms with Gasteiger partial charge in [0, 0.05) is 5.56 Å². The fourth-order valence-corrected chi connectivity index (χ4v) is 1.56. The molecule has 0 aliphatic rings. The lowest BCUT2D eigenvalue weighted by atomic mass is 10.1. The van der Waals surface area contributed by atoms with E-state index in [0.29, 0.717) is 15.6 Å². The minimum Gasteiger partial charge on any atom is -0.384 e. The largest absolute Gasteiger partial charge is 0.384 e. The van der Waals surface area contributed by atoms with Crippen LogP contribution in [-0.2, 0) is 0 Å². The summed E-state index contributed by atoms with van der Waals surface area (Å²) in [5.74, 6) is 5.32. The lowest BCUT2D eigenvalue weighted by Crippen LogP contribution is -2.27. The molecule has 0 aromatic heterocycles. The van der Waals surface area contributed by atoms with Gasteiger partial charge in [-0.25, -0.2) is 4.99 Å². The highest BCUT2D eigenvalue weighted by atomic mass is 35.5. The van der Waals surface area contributed by atoms with Crippen molar-refractivity contribution in [2.24, 2.45) is 27.4 Å². The van der Waals surface area contributed by atoms with Crippen LogP contribution in [0, 0.1) is 0 Å². The quantitative estimate of drug-likeness (QED) is 0.335. The molecule has 0 saturated carbocycles. The average Bonchev–Trinajstić information content (AvgIpc) is 2.24. The zero-order chi connectivity index (χ0) is 13.0. The SMILES string of the molecule is C=C(N)N=C(N)/C(=N\N)c1cccc(Cl)c1Cl. The van der Waals surface area contributed by atoms with E-state index in [0.717, 1.165) is 0 Å². The third kappa shape index (κ3) is 3.12. The van der Waals surface area contributed by atoms with Crippen LogP contribution < -0.4 is 17.3 Å². The Kier molecular flexibility index (Phi) is 4.37. The van der Waals surface area contributed by atoms with Gasteiger partial charge in [-0.1, -0.05) is 41.9 Å². The van der Waals surface area contributed by atoms with Crippen molar-refractivity contribution in [2.75, 3.05) is 0 Å². The number of hydrogen-bond donors (Lipinski definition) is 3. The molecule has 0 aliphatic carbocycles. The Morgan fingerprint density at radius 2 is 1.88 bits per heavy atom. The minimum absolute atomic E-state index is 0.0177. The third-order valence-corrected chi connectivity index (χ3v) is 2.66. The molecule has 0 bridgehead atoms. The predicted molar refractivity (Wildman–Crippen MR) is 72.1 cm³/mol. The Morgan fingerprint density at radius 1 is 1.24 bits per heavy atom. The topological polar surface area (TPSA) is 103 Å². The predicted octanol–water partition coefficient (Wildman–Crippen LogP) is 1.44. The van der Waals surface area contributed by atoms with E-state index in [4.69, 9.17) is 40.5 Å². The smallest absolute Gasteiger partial charge is 0.154 e. The highest BCUT2D eigenvalue weighted by Gasteiger charge is 2.14. The van der Waals surface area contributed by atoms with Crippen molar-refractivity contribution in [3.8, 4) is 0 Å². The molecule has 0 unspecified atom stereocenters. The Labute approximate surface area is 109 Å². The molecule has 5 nitrogen and oxygen atoms in total. The van der Waals surface area contributed by atoms with Gasteiger partial charge >= 0.3 is 0 Å². The second-order valence-electron chi connectivity index (χ2n) is 3.07. The van der Waals surface area contributed by atoms with Crippen molar-refractivity contribution in [1.82, 2.24) is 0 Å². The van der Waals surface area contributed by atoms with E-state index >= 15 is 0 Å². The van der Waals surface area contributed by atoms with Gasteiger partial charge in [-0.3, -0.25) is 0 Å². The van der Waals surface area contributed by atoms with Gasteiger partial charge in [0.05, 0.1) is 10.0 Å². The van der Waals surface area contributed by atoms with Gasteiger partial charge in [-0.15, -0.1) is 0 Å². The maximum atomic E-state index is 6.01. The van der Waals surface area contributed by atoms with Crippen LogP contribution in [0.15, 0.2) is 40.7 Å². The summed E-state index contributed by atoms with van der Waals surface area (Å²) >= 11 is 11.9. The van der Waals surface area contributed by atoms with Crippen molar-refractivity contribution in [2.45, 2.75) is 0 Å². The fourth-order valence-electron chi connectivity index (χ4n) is 1.17. The molecule has 0 atom stereocenters. The van der Waals surface area contributed by atoms with Gasteiger partial charge in [-0.2, -0.15) is 5.10 Å². The fraction of sp³-hybridized carbons (Fsp3) is 0. The Bertz CT molecular complexity index is 507. The summed E-state index contributed by atoms with van der Waals surface area (Å²) < 4.78 is 0.